The van der Waals surface area contributed by atoms with Crippen molar-refractivity contribution < 1.29 is 53.5 Å². The molecule has 158 valence electrons. The molecule has 2 heterocycles. The van der Waals surface area contributed by atoms with Crippen LogP contribution < -0.4 is 40.0 Å². The van der Waals surface area contributed by atoms with Gasteiger partial charge in [-0.05, 0) is 37.3 Å². The summed E-state index contributed by atoms with van der Waals surface area (Å²) in [7, 11) is 0. The molecule has 1 aliphatic rings. The van der Waals surface area contributed by atoms with Crippen molar-refractivity contribution in [1.82, 2.24) is 5.32 Å². The van der Waals surface area contributed by atoms with E-state index >= 15 is 0 Å². The second-order valence-electron chi connectivity index (χ2n) is 6.65. The number of aliphatic imine (C=N–C) groups is 1. The molecule has 8 heteroatoms. The molecule has 29 heavy (non-hydrogen) atoms. The molecule has 0 fully saturated rings. The van der Waals surface area contributed by atoms with Crippen molar-refractivity contribution in [2.24, 2.45) is 16.3 Å². The van der Waals surface area contributed by atoms with Gasteiger partial charge in [-0.1, -0.05) is 47.0 Å². The summed E-state index contributed by atoms with van der Waals surface area (Å²) < 4.78 is 4.58. The minimum Gasteiger partial charge on any atom is -0.846 e. The average Bonchev–Trinajstić information content (AvgIpc) is 3.23. The van der Waals surface area contributed by atoms with E-state index in [2.05, 4.69) is 21.7 Å². The van der Waals surface area contributed by atoms with Crippen molar-refractivity contribution in [3.05, 3.63) is 24.7 Å². The fourth-order valence-electron chi connectivity index (χ4n) is 3.00. The number of carbonyl (C=O) groups excluding carboxylic acids is 3. The predicted molar refractivity (Wildman–Crippen MR) is 106 cm³/mol. The first-order valence-electron chi connectivity index (χ1n) is 9.92. The number of amidine groups is 1. The van der Waals surface area contributed by atoms with Gasteiger partial charge in [0, 0.05) is 6.42 Å². The normalized spacial score (nSPS) is 18.6. The van der Waals surface area contributed by atoms with Gasteiger partial charge in [0.2, 0.25) is 5.91 Å². The summed E-state index contributed by atoms with van der Waals surface area (Å²) in [6, 6.07) is 2.82. The fraction of sp³-hybridized carbons (Fsp3) is 0.619. The summed E-state index contributed by atoms with van der Waals surface area (Å²) in [6.45, 7) is 7.75. The van der Waals surface area contributed by atoms with Crippen LogP contribution in [0, 0.1) is 11.3 Å². The van der Waals surface area contributed by atoms with Crippen LogP contribution in [0.15, 0.2) is 34.1 Å². The van der Waals surface area contributed by atoms with Crippen molar-refractivity contribution in [2.45, 2.75) is 72.6 Å². The van der Waals surface area contributed by atoms with Gasteiger partial charge in [0.1, 0.15) is 11.7 Å². The molecule has 0 aliphatic carbocycles. The first-order valence-corrected chi connectivity index (χ1v) is 9.92. The largest absolute Gasteiger partial charge is 1.00 e. The minimum absolute atomic E-state index is 0. The van der Waals surface area contributed by atoms with Crippen LogP contribution in [0.25, 0.3) is 0 Å². The number of hydrogen-bond acceptors (Lipinski definition) is 5. The first-order chi connectivity index (χ1) is 13.4. The van der Waals surface area contributed by atoms with Crippen molar-refractivity contribution >= 4 is 24.1 Å². The molecule has 2 unspecified atom stereocenters. The number of unbranched alkanes of at least 4 members (excludes halogenated alkanes) is 3. The molecular formula is C21H33N2NaO5. The Labute approximate surface area is 196 Å². The van der Waals surface area contributed by atoms with Gasteiger partial charge in [-0.2, -0.15) is 0 Å². The smallest absolute Gasteiger partial charge is 0.846 e. The Morgan fingerprint density at radius 3 is 2.17 bits per heavy atom. The summed E-state index contributed by atoms with van der Waals surface area (Å²) in [5, 5.41) is 13.1. The van der Waals surface area contributed by atoms with Crippen LogP contribution in [0.5, 0.6) is 0 Å². The van der Waals surface area contributed by atoms with E-state index in [1.165, 1.54) is 12.8 Å². The Morgan fingerprint density at radius 2 is 1.79 bits per heavy atom. The second kappa shape index (κ2) is 17.4. The standard InChI is InChI=1S/C11H18N2O3.C6H12O.C4H4O.Na/c1-4-6-7(3)11(5-2)8(14)12-10(16)13-9(11)15;1-2-3-4-5-6-7;1-2-4-5-3-1;/h7H,4-6H2,1-3H3,(H2,12,13,14,15,16);6H,2-5H2,1H3;1-4H;/q;;;+1/p-1. The van der Waals surface area contributed by atoms with Gasteiger partial charge in [-0.15, -0.1) is 0 Å². The maximum absolute atomic E-state index is 11.9. The zero-order valence-electron chi connectivity index (χ0n) is 18.4. The quantitative estimate of drug-likeness (QED) is 0.282. The summed E-state index contributed by atoms with van der Waals surface area (Å²) in [4.78, 5) is 36.7. The molecule has 1 aromatic heterocycles. The van der Waals surface area contributed by atoms with E-state index in [0.29, 0.717) is 6.42 Å². The molecule has 0 bridgehead atoms. The molecule has 1 N–H and O–H groups in total. The van der Waals surface area contributed by atoms with E-state index < -0.39 is 23.3 Å². The van der Waals surface area contributed by atoms with Crippen LogP contribution in [0.2, 0.25) is 0 Å². The number of nitrogens with zero attached hydrogens (tertiary/aromatic N) is 1. The first kappa shape index (κ1) is 29.8. The summed E-state index contributed by atoms with van der Waals surface area (Å²) in [5.74, 6) is -1.20. The third kappa shape index (κ3) is 10.2. The molecule has 2 rings (SSSR count). The van der Waals surface area contributed by atoms with E-state index in [0.717, 1.165) is 32.0 Å². The predicted octanol–water partition coefficient (Wildman–Crippen LogP) is 0.241. The Kier molecular flexibility index (Phi) is 17.9. The van der Waals surface area contributed by atoms with Gasteiger partial charge in [-0.3, -0.25) is 9.59 Å². The average molecular weight is 416 g/mol. The molecule has 0 radical (unpaired) electrons. The molecule has 0 saturated carbocycles. The van der Waals surface area contributed by atoms with Gasteiger partial charge in [0.05, 0.1) is 18.5 Å². The van der Waals surface area contributed by atoms with Crippen LogP contribution in [-0.2, 0) is 14.4 Å². The van der Waals surface area contributed by atoms with Crippen LogP contribution in [0.1, 0.15) is 72.6 Å². The van der Waals surface area contributed by atoms with E-state index in [9.17, 15) is 19.5 Å². The number of aldehydes is 1. The monoisotopic (exact) mass is 416 g/mol. The third-order valence-electron chi connectivity index (χ3n) is 4.68. The molecule has 1 aliphatic heterocycles. The van der Waals surface area contributed by atoms with Crippen molar-refractivity contribution in [3.63, 3.8) is 0 Å². The maximum atomic E-state index is 11.9. The van der Waals surface area contributed by atoms with Gasteiger partial charge < -0.3 is 19.6 Å². The molecule has 0 saturated heterocycles. The molecule has 0 spiro atoms. The number of hydrogen-bond donors (Lipinski definition) is 1. The molecule has 7 nitrogen and oxygen atoms in total. The molecule has 0 aromatic carbocycles. The van der Waals surface area contributed by atoms with Crippen LogP contribution in [-0.4, -0.2) is 24.1 Å². The third-order valence-corrected chi connectivity index (χ3v) is 4.68. The summed E-state index contributed by atoms with van der Waals surface area (Å²) in [5.41, 5.74) is -1.15. The molecule has 1 aromatic rings. The Morgan fingerprint density at radius 1 is 1.17 bits per heavy atom. The fourth-order valence-corrected chi connectivity index (χ4v) is 3.00. The number of amides is 2. The van der Waals surface area contributed by atoms with Gasteiger partial charge in [0.15, 0.2) is 0 Å². The van der Waals surface area contributed by atoms with Crippen molar-refractivity contribution in [1.29, 1.82) is 0 Å². The Hall–Kier alpha value is -1.44. The number of carbonyl (C=O) groups is 3. The minimum atomic E-state index is -1.15. The number of rotatable bonds is 8. The molecule has 2 amide bonds. The van der Waals surface area contributed by atoms with Crippen LogP contribution in [0.3, 0.4) is 0 Å². The Balaban J connectivity index is 0. The topological polar surface area (TPSA) is 112 Å². The van der Waals surface area contributed by atoms with Gasteiger partial charge >= 0.3 is 29.6 Å². The van der Waals surface area contributed by atoms with E-state index in [1.54, 1.807) is 19.5 Å². The van der Waals surface area contributed by atoms with E-state index in [1.807, 2.05) is 26.0 Å². The van der Waals surface area contributed by atoms with Crippen molar-refractivity contribution in [3.8, 4) is 0 Å². The zero-order chi connectivity index (χ0) is 21.4. The van der Waals surface area contributed by atoms with E-state index in [-0.39, 0.29) is 35.5 Å². The summed E-state index contributed by atoms with van der Waals surface area (Å²) in [6.07, 6.45) is 10.5. The number of furan rings is 1. The summed E-state index contributed by atoms with van der Waals surface area (Å²) >= 11 is 0. The van der Waals surface area contributed by atoms with Crippen molar-refractivity contribution in [2.75, 3.05) is 0 Å². The zero-order valence-corrected chi connectivity index (χ0v) is 20.4. The van der Waals surface area contributed by atoms with Crippen LogP contribution in [0.4, 0.5) is 0 Å². The molecular weight excluding hydrogens is 383 g/mol. The van der Waals surface area contributed by atoms with Gasteiger partial charge in [-0.25, -0.2) is 4.99 Å². The SMILES string of the molecule is CCCC(C)C1(CC)C(=O)N=C([O-])NC1=O.CCCCCC=O.[Na+].c1ccoc1. The van der Waals surface area contributed by atoms with Crippen LogP contribution >= 0.6 is 0 Å². The Bertz CT molecular complexity index is 587. The van der Waals surface area contributed by atoms with E-state index in [4.69, 9.17) is 0 Å². The number of nitrogens with one attached hydrogen (secondary N) is 1. The second-order valence-corrected chi connectivity index (χ2v) is 6.65. The van der Waals surface area contributed by atoms with Gasteiger partial charge in [0.25, 0.3) is 5.91 Å². The maximum Gasteiger partial charge on any atom is 1.00 e. The molecule has 2 atom stereocenters.